The number of morpholine rings is 1. The zero-order chi connectivity index (χ0) is 17.8. The number of thiophene rings is 1. The van der Waals surface area contributed by atoms with Crippen molar-refractivity contribution in [3.05, 3.63) is 71.2 Å². The molecule has 1 aliphatic rings. The quantitative estimate of drug-likeness (QED) is 0.748. The van der Waals surface area contributed by atoms with Crippen LogP contribution in [0.4, 0.5) is 10.5 Å². The molecule has 2 amide bonds. The molecule has 0 spiro atoms. The molecule has 6 heteroatoms. The van der Waals surface area contributed by atoms with E-state index in [1.54, 1.807) is 23.7 Å². The molecule has 132 valence electrons. The van der Waals surface area contributed by atoms with E-state index >= 15 is 0 Å². The Morgan fingerprint density at radius 2 is 2.04 bits per heavy atom. The van der Waals surface area contributed by atoms with Crippen LogP contribution in [0.1, 0.15) is 11.7 Å². The minimum Gasteiger partial charge on any atom is -0.370 e. The minimum absolute atomic E-state index is 0.0591. The van der Waals surface area contributed by atoms with Crippen LogP contribution < -0.4 is 5.32 Å². The predicted molar refractivity (Wildman–Crippen MR) is 103 cm³/mol. The number of carbonyl (C=O) groups is 1. The van der Waals surface area contributed by atoms with Gasteiger partial charge in [0.1, 0.15) is 6.10 Å². The number of benzene rings is 1. The summed E-state index contributed by atoms with van der Waals surface area (Å²) in [6.07, 6.45) is 3.44. The highest BCUT2D eigenvalue weighted by atomic mass is 32.1. The number of para-hydroxylation sites is 1. The number of amides is 2. The van der Waals surface area contributed by atoms with Gasteiger partial charge < -0.3 is 15.0 Å². The normalized spacial score (nSPS) is 17.1. The molecule has 3 aromatic rings. The predicted octanol–water partition coefficient (Wildman–Crippen LogP) is 4.42. The largest absolute Gasteiger partial charge is 0.370 e. The lowest BCUT2D eigenvalue weighted by molar-refractivity contribution is -0.0132. The van der Waals surface area contributed by atoms with E-state index in [-0.39, 0.29) is 12.1 Å². The molecular formula is C20H19N3O2S. The van der Waals surface area contributed by atoms with Crippen LogP contribution >= 0.6 is 11.3 Å². The Labute approximate surface area is 156 Å². The van der Waals surface area contributed by atoms with Crippen molar-refractivity contribution in [2.75, 3.05) is 25.0 Å². The number of nitrogens with zero attached hydrogens (tertiary/aromatic N) is 2. The first-order chi connectivity index (χ1) is 12.8. The van der Waals surface area contributed by atoms with Gasteiger partial charge in [-0.1, -0.05) is 18.2 Å². The number of rotatable bonds is 3. The number of nitrogens with one attached hydrogen (secondary N) is 1. The molecule has 0 bridgehead atoms. The van der Waals surface area contributed by atoms with Gasteiger partial charge in [-0.2, -0.15) is 11.3 Å². The van der Waals surface area contributed by atoms with E-state index in [0.717, 1.165) is 22.4 Å². The number of hydrogen-bond acceptors (Lipinski definition) is 4. The van der Waals surface area contributed by atoms with E-state index in [0.29, 0.717) is 19.7 Å². The summed E-state index contributed by atoms with van der Waals surface area (Å²) in [5.41, 5.74) is 3.92. The fraction of sp³-hybridized carbons (Fsp3) is 0.200. The Morgan fingerprint density at radius 3 is 2.85 bits per heavy atom. The molecule has 26 heavy (non-hydrogen) atoms. The summed E-state index contributed by atoms with van der Waals surface area (Å²) in [6.45, 7) is 1.68. The van der Waals surface area contributed by atoms with Crippen LogP contribution in [-0.4, -0.2) is 35.6 Å². The van der Waals surface area contributed by atoms with Crippen LogP contribution in [0.15, 0.2) is 65.6 Å². The molecule has 0 radical (unpaired) electrons. The van der Waals surface area contributed by atoms with Gasteiger partial charge in [-0.25, -0.2) is 4.79 Å². The number of ether oxygens (including phenoxy) is 1. The van der Waals surface area contributed by atoms with Crippen molar-refractivity contribution in [3.8, 4) is 11.1 Å². The van der Waals surface area contributed by atoms with E-state index in [1.807, 2.05) is 46.7 Å². The lowest BCUT2D eigenvalue weighted by Gasteiger charge is -2.33. The zero-order valence-electron chi connectivity index (χ0n) is 14.2. The van der Waals surface area contributed by atoms with Crippen molar-refractivity contribution in [2.24, 2.45) is 0 Å². The van der Waals surface area contributed by atoms with E-state index < -0.39 is 0 Å². The summed E-state index contributed by atoms with van der Waals surface area (Å²) < 4.78 is 5.82. The second-order valence-electron chi connectivity index (χ2n) is 6.07. The highest BCUT2D eigenvalue weighted by Gasteiger charge is 2.26. The maximum absolute atomic E-state index is 12.8. The Bertz CT molecular complexity index is 868. The van der Waals surface area contributed by atoms with Gasteiger partial charge in [0.05, 0.1) is 18.8 Å². The van der Waals surface area contributed by atoms with Crippen molar-refractivity contribution < 1.29 is 9.53 Å². The van der Waals surface area contributed by atoms with Gasteiger partial charge in [-0.05, 0) is 46.2 Å². The zero-order valence-corrected chi connectivity index (χ0v) is 15.0. The average molecular weight is 365 g/mol. The first-order valence-corrected chi connectivity index (χ1v) is 9.44. The maximum Gasteiger partial charge on any atom is 0.322 e. The Morgan fingerprint density at radius 1 is 1.19 bits per heavy atom. The van der Waals surface area contributed by atoms with Gasteiger partial charge in [-0.15, -0.1) is 0 Å². The summed E-state index contributed by atoms with van der Waals surface area (Å²) in [5, 5.41) is 7.16. The standard InChI is InChI=1S/C20H19N3O2S/c24-20(23-10-11-25-19(13-23)16-7-12-26-14-16)22-18-4-2-1-3-17(18)15-5-8-21-9-6-15/h1-9,12,14,19H,10-11,13H2,(H,22,24). The fourth-order valence-corrected chi connectivity index (χ4v) is 3.76. The van der Waals surface area contributed by atoms with Gasteiger partial charge in [0.15, 0.2) is 0 Å². The van der Waals surface area contributed by atoms with Crippen molar-refractivity contribution >= 4 is 23.1 Å². The molecule has 1 unspecified atom stereocenters. The van der Waals surface area contributed by atoms with E-state index in [9.17, 15) is 4.79 Å². The van der Waals surface area contributed by atoms with Crippen molar-refractivity contribution in [1.82, 2.24) is 9.88 Å². The molecular weight excluding hydrogens is 346 g/mol. The molecule has 1 N–H and O–H groups in total. The van der Waals surface area contributed by atoms with Gasteiger partial charge in [0.2, 0.25) is 0 Å². The molecule has 0 saturated carbocycles. The van der Waals surface area contributed by atoms with E-state index in [2.05, 4.69) is 21.7 Å². The van der Waals surface area contributed by atoms with Crippen molar-refractivity contribution in [3.63, 3.8) is 0 Å². The number of urea groups is 1. The molecule has 3 heterocycles. The maximum atomic E-state index is 12.8. The van der Waals surface area contributed by atoms with Crippen LogP contribution in [-0.2, 0) is 4.74 Å². The first kappa shape index (κ1) is 16.8. The van der Waals surface area contributed by atoms with Crippen LogP contribution in [0.25, 0.3) is 11.1 Å². The Kier molecular flexibility index (Phi) is 4.95. The second-order valence-corrected chi connectivity index (χ2v) is 6.85. The molecule has 2 aromatic heterocycles. The molecule has 4 rings (SSSR count). The third kappa shape index (κ3) is 3.61. The molecule has 1 saturated heterocycles. The van der Waals surface area contributed by atoms with Crippen molar-refractivity contribution in [2.45, 2.75) is 6.10 Å². The highest BCUT2D eigenvalue weighted by molar-refractivity contribution is 7.07. The van der Waals surface area contributed by atoms with Gasteiger partial charge >= 0.3 is 6.03 Å². The van der Waals surface area contributed by atoms with Crippen molar-refractivity contribution in [1.29, 1.82) is 0 Å². The van der Waals surface area contributed by atoms with Crippen LogP contribution in [0.2, 0.25) is 0 Å². The monoisotopic (exact) mass is 365 g/mol. The van der Waals surface area contributed by atoms with E-state index in [4.69, 9.17) is 4.74 Å². The molecule has 1 aromatic carbocycles. The number of hydrogen-bond donors (Lipinski definition) is 1. The van der Waals surface area contributed by atoms with Crippen LogP contribution in [0.3, 0.4) is 0 Å². The Balaban J connectivity index is 1.50. The van der Waals surface area contributed by atoms with Crippen LogP contribution in [0, 0.1) is 0 Å². The van der Waals surface area contributed by atoms with E-state index in [1.165, 1.54) is 0 Å². The molecule has 1 fully saturated rings. The van der Waals surface area contributed by atoms with Gasteiger partial charge in [-0.3, -0.25) is 4.98 Å². The lowest BCUT2D eigenvalue weighted by atomic mass is 10.1. The second kappa shape index (κ2) is 7.68. The third-order valence-electron chi connectivity index (χ3n) is 4.43. The smallest absolute Gasteiger partial charge is 0.322 e. The summed E-state index contributed by atoms with van der Waals surface area (Å²) in [7, 11) is 0. The fourth-order valence-electron chi connectivity index (χ4n) is 3.06. The minimum atomic E-state index is -0.102. The molecule has 0 aliphatic carbocycles. The number of anilines is 1. The number of pyridine rings is 1. The average Bonchev–Trinajstić information content (AvgIpc) is 3.24. The summed E-state index contributed by atoms with van der Waals surface area (Å²) in [4.78, 5) is 18.7. The summed E-state index contributed by atoms with van der Waals surface area (Å²) in [6, 6.07) is 13.6. The summed E-state index contributed by atoms with van der Waals surface area (Å²) >= 11 is 1.64. The third-order valence-corrected chi connectivity index (χ3v) is 5.13. The van der Waals surface area contributed by atoms with Gasteiger partial charge in [0.25, 0.3) is 0 Å². The molecule has 1 atom stereocenters. The summed E-state index contributed by atoms with van der Waals surface area (Å²) in [5.74, 6) is 0. The van der Waals surface area contributed by atoms with Crippen LogP contribution in [0.5, 0.6) is 0 Å². The van der Waals surface area contributed by atoms with Gasteiger partial charge in [0, 0.05) is 24.5 Å². The Hall–Kier alpha value is -2.70. The first-order valence-electron chi connectivity index (χ1n) is 8.50. The SMILES string of the molecule is O=C(Nc1ccccc1-c1ccncc1)N1CCOC(c2ccsc2)C1. The number of carbonyl (C=O) groups excluding carboxylic acids is 1. The molecule has 5 nitrogen and oxygen atoms in total. The molecule has 1 aliphatic heterocycles. The topological polar surface area (TPSA) is 54.5 Å². The number of aromatic nitrogens is 1. The lowest BCUT2D eigenvalue weighted by Crippen LogP contribution is -2.44. The highest BCUT2D eigenvalue weighted by Crippen LogP contribution is 2.28.